The summed E-state index contributed by atoms with van der Waals surface area (Å²) in [4.78, 5) is 27.6. The first-order valence-corrected chi connectivity index (χ1v) is 8.82. The summed E-state index contributed by atoms with van der Waals surface area (Å²) >= 11 is 0. The summed E-state index contributed by atoms with van der Waals surface area (Å²) in [6.07, 6.45) is 4.73. The first-order valence-electron chi connectivity index (χ1n) is 8.82. The van der Waals surface area contributed by atoms with Gasteiger partial charge in [0, 0.05) is 25.9 Å². The lowest BCUT2D eigenvalue weighted by Gasteiger charge is -2.30. The third-order valence-electron chi connectivity index (χ3n) is 4.69. The summed E-state index contributed by atoms with van der Waals surface area (Å²) < 4.78 is 5.37. The number of rotatable bonds is 3. The second-order valence-electron chi connectivity index (χ2n) is 7.48. The van der Waals surface area contributed by atoms with Crippen LogP contribution < -0.4 is 0 Å². The smallest absolute Gasteiger partial charge is 0.167 e. The van der Waals surface area contributed by atoms with Crippen LogP contribution in [0, 0.1) is 5.41 Å². The molecule has 25 heavy (non-hydrogen) atoms. The van der Waals surface area contributed by atoms with Crippen molar-refractivity contribution in [1.82, 2.24) is 4.90 Å². The molecule has 132 valence electrons. The fraction of sp³-hybridized carbons (Fsp3) is 0.429. The van der Waals surface area contributed by atoms with Gasteiger partial charge < -0.3 is 9.64 Å². The van der Waals surface area contributed by atoms with Gasteiger partial charge in [-0.1, -0.05) is 44.2 Å². The number of nitrogens with zero attached hydrogens (tertiary/aromatic N) is 1. The first-order chi connectivity index (χ1) is 12.0. The molecule has 0 bridgehead atoms. The average molecular weight is 339 g/mol. The summed E-state index contributed by atoms with van der Waals surface area (Å²) in [5.41, 5.74) is 1.74. The zero-order valence-electron chi connectivity index (χ0n) is 15.0. The van der Waals surface area contributed by atoms with Gasteiger partial charge in [0.2, 0.25) is 0 Å². The predicted octanol–water partition coefficient (Wildman–Crippen LogP) is 3.24. The molecule has 1 saturated carbocycles. The maximum atomic E-state index is 12.7. The SMILES string of the molecule is CC1(C)CC(=O)C(=C(C=CN2CCOCC2)c2ccccc2)C(=O)C1. The molecule has 0 amide bonds. The Bertz CT molecular complexity index is 688. The van der Waals surface area contributed by atoms with E-state index in [-0.39, 0.29) is 17.0 Å². The minimum absolute atomic E-state index is 0.0493. The zero-order valence-corrected chi connectivity index (χ0v) is 15.0. The largest absolute Gasteiger partial charge is 0.378 e. The molecular weight excluding hydrogens is 314 g/mol. The number of hydrogen-bond acceptors (Lipinski definition) is 4. The van der Waals surface area contributed by atoms with Crippen molar-refractivity contribution in [2.45, 2.75) is 26.7 Å². The normalized spacial score (nSPS) is 21.0. The summed E-state index contributed by atoms with van der Waals surface area (Å²) in [6, 6.07) is 9.70. The Morgan fingerprint density at radius 2 is 1.64 bits per heavy atom. The lowest BCUT2D eigenvalue weighted by molar-refractivity contribution is -0.127. The third-order valence-corrected chi connectivity index (χ3v) is 4.69. The molecule has 4 heteroatoms. The van der Waals surface area contributed by atoms with Gasteiger partial charge in [-0.25, -0.2) is 0 Å². The van der Waals surface area contributed by atoms with E-state index in [1.165, 1.54) is 0 Å². The average Bonchev–Trinajstić information content (AvgIpc) is 2.58. The number of ether oxygens (including phenoxy) is 1. The standard InChI is InChI=1S/C21H25NO3/c1-21(2)14-18(23)20(19(24)15-21)17(16-6-4-3-5-7-16)8-9-22-10-12-25-13-11-22/h3-9H,10-15H2,1-2H3. The molecule has 1 aromatic rings. The number of Topliss-reactive ketones (excluding diaryl/α,β-unsaturated/α-hetero) is 2. The second-order valence-corrected chi connectivity index (χ2v) is 7.48. The van der Waals surface area contributed by atoms with Crippen molar-refractivity contribution in [2.24, 2.45) is 5.41 Å². The van der Waals surface area contributed by atoms with Crippen LogP contribution in [0.25, 0.3) is 5.57 Å². The Morgan fingerprint density at radius 3 is 2.24 bits per heavy atom. The van der Waals surface area contributed by atoms with Crippen molar-refractivity contribution in [3.8, 4) is 0 Å². The maximum absolute atomic E-state index is 12.7. The van der Waals surface area contributed by atoms with E-state index in [1.54, 1.807) is 0 Å². The zero-order chi connectivity index (χ0) is 17.9. The van der Waals surface area contributed by atoms with E-state index in [0.717, 1.165) is 24.2 Å². The Morgan fingerprint density at radius 1 is 1.04 bits per heavy atom. The highest BCUT2D eigenvalue weighted by atomic mass is 16.5. The molecule has 0 unspecified atom stereocenters. The van der Waals surface area contributed by atoms with Gasteiger partial charge in [0.15, 0.2) is 11.6 Å². The monoisotopic (exact) mass is 339 g/mol. The number of carbonyl (C=O) groups excluding carboxylic acids is 2. The molecule has 0 radical (unpaired) electrons. The lowest BCUT2D eigenvalue weighted by atomic mass is 9.72. The molecule has 4 nitrogen and oxygen atoms in total. The maximum Gasteiger partial charge on any atom is 0.167 e. The van der Waals surface area contributed by atoms with Crippen molar-refractivity contribution in [2.75, 3.05) is 26.3 Å². The summed E-state index contributed by atoms with van der Waals surface area (Å²) in [5, 5.41) is 0. The Labute approximate surface area is 149 Å². The molecule has 2 fully saturated rings. The highest BCUT2D eigenvalue weighted by molar-refractivity contribution is 6.27. The molecular formula is C21H25NO3. The fourth-order valence-corrected chi connectivity index (χ4v) is 3.41. The third kappa shape index (κ3) is 4.26. The van der Waals surface area contributed by atoms with Crippen LogP contribution in [-0.4, -0.2) is 42.8 Å². The highest BCUT2D eigenvalue weighted by Gasteiger charge is 2.37. The van der Waals surface area contributed by atoms with E-state index < -0.39 is 0 Å². The van der Waals surface area contributed by atoms with Gasteiger partial charge in [0.25, 0.3) is 0 Å². The van der Waals surface area contributed by atoms with Crippen LogP contribution in [0.15, 0.2) is 48.2 Å². The van der Waals surface area contributed by atoms with Gasteiger partial charge in [-0.2, -0.15) is 0 Å². The molecule has 1 heterocycles. The van der Waals surface area contributed by atoms with Gasteiger partial charge in [0.05, 0.1) is 18.8 Å². The first kappa shape index (κ1) is 17.6. The van der Waals surface area contributed by atoms with Crippen molar-refractivity contribution in [1.29, 1.82) is 0 Å². The molecule has 0 N–H and O–H groups in total. The highest BCUT2D eigenvalue weighted by Crippen LogP contribution is 2.36. The number of morpholine rings is 1. The molecule has 1 aromatic carbocycles. The van der Waals surface area contributed by atoms with E-state index in [2.05, 4.69) is 4.90 Å². The Hall–Kier alpha value is -2.20. The van der Waals surface area contributed by atoms with E-state index in [0.29, 0.717) is 31.6 Å². The molecule has 3 rings (SSSR count). The van der Waals surface area contributed by atoms with Crippen LogP contribution in [0.4, 0.5) is 0 Å². The molecule has 1 saturated heterocycles. The van der Waals surface area contributed by atoms with Crippen LogP contribution in [0.5, 0.6) is 0 Å². The van der Waals surface area contributed by atoms with Gasteiger partial charge in [-0.05, 0) is 28.8 Å². The van der Waals surface area contributed by atoms with Gasteiger partial charge in [-0.15, -0.1) is 0 Å². The minimum atomic E-state index is -0.257. The fourth-order valence-electron chi connectivity index (χ4n) is 3.41. The number of carbonyl (C=O) groups is 2. The van der Waals surface area contributed by atoms with Crippen LogP contribution >= 0.6 is 0 Å². The van der Waals surface area contributed by atoms with E-state index in [1.807, 2.05) is 56.5 Å². The van der Waals surface area contributed by atoms with Crippen LogP contribution in [-0.2, 0) is 14.3 Å². The van der Waals surface area contributed by atoms with Crippen molar-refractivity contribution in [3.63, 3.8) is 0 Å². The lowest BCUT2D eigenvalue weighted by Crippen LogP contribution is -2.33. The van der Waals surface area contributed by atoms with Crippen LogP contribution in [0.2, 0.25) is 0 Å². The Balaban J connectivity index is 2.00. The second kappa shape index (κ2) is 7.36. The molecule has 1 aliphatic carbocycles. The van der Waals surface area contributed by atoms with Gasteiger partial charge >= 0.3 is 0 Å². The van der Waals surface area contributed by atoms with E-state index in [4.69, 9.17) is 4.74 Å². The molecule has 1 aliphatic heterocycles. The predicted molar refractivity (Wildman–Crippen MR) is 97.9 cm³/mol. The van der Waals surface area contributed by atoms with Gasteiger partial charge in [0.1, 0.15) is 0 Å². The van der Waals surface area contributed by atoms with Crippen molar-refractivity contribution >= 4 is 17.1 Å². The summed E-state index contributed by atoms with van der Waals surface area (Å²) in [7, 11) is 0. The molecule has 0 atom stereocenters. The minimum Gasteiger partial charge on any atom is -0.378 e. The van der Waals surface area contributed by atoms with Crippen LogP contribution in [0.3, 0.4) is 0 Å². The number of hydrogen-bond donors (Lipinski definition) is 0. The molecule has 2 aliphatic rings. The quantitative estimate of drug-likeness (QED) is 0.626. The summed E-state index contributed by atoms with van der Waals surface area (Å²) in [5.74, 6) is -0.0986. The van der Waals surface area contributed by atoms with E-state index >= 15 is 0 Å². The Kier molecular flexibility index (Phi) is 5.19. The van der Waals surface area contributed by atoms with Gasteiger partial charge in [-0.3, -0.25) is 9.59 Å². The van der Waals surface area contributed by atoms with Crippen molar-refractivity contribution in [3.05, 3.63) is 53.7 Å². The number of ketones is 2. The number of allylic oxidation sites excluding steroid dienone is 3. The van der Waals surface area contributed by atoms with E-state index in [9.17, 15) is 9.59 Å². The summed E-state index contributed by atoms with van der Waals surface area (Å²) in [6.45, 7) is 7.00. The molecule has 0 spiro atoms. The number of benzene rings is 1. The molecule has 0 aromatic heterocycles. The topological polar surface area (TPSA) is 46.6 Å². The van der Waals surface area contributed by atoms with Crippen molar-refractivity contribution < 1.29 is 14.3 Å². The van der Waals surface area contributed by atoms with Crippen LogP contribution in [0.1, 0.15) is 32.3 Å².